The van der Waals surface area contributed by atoms with E-state index in [1.165, 1.54) is 30.2 Å². The Labute approximate surface area is 136 Å². The SMILES string of the molecule is COC(=O)C[C@H]1C(=O)NCCN1C(=O)c1cccc(OC(F)F)c1. The van der Waals surface area contributed by atoms with Gasteiger partial charge in [-0.15, -0.1) is 0 Å². The zero-order valence-electron chi connectivity index (χ0n) is 12.8. The predicted octanol–water partition coefficient (Wildman–Crippen LogP) is 0.792. The van der Waals surface area contributed by atoms with E-state index in [4.69, 9.17) is 0 Å². The van der Waals surface area contributed by atoms with E-state index >= 15 is 0 Å². The number of hydrogen-bond acceptors (Lipinski definition) is 5. The molecule has 0 aromatic heterocycles. The van der Waals surface area contributed by atoms with Crippen LogP contribution in [0.15, 0.2) is 24.3 Å². The molecule has 1 atom stereocenters. The summed E-state index contributed by atoms with van der Waals surface area (Å²) in [5, 5.41) is 2.57. The van der Waals surface area contributed by atoms with Gasteiger partial charge in [-0.1, -0.05) is 6.07 Å². The predicted molar refractivity (Wildman–Crippen MR) is 77.5 cm³/mol. The average Bonchev–Trinajstić information content (AvgIpc) is 2.55. The van der Waals surface area contributed by atoms with Crippen molar-refractivity contribution in [3.05, 3.63) is 29.8 Å². The Hall–Kier alpha value is -2.71. The first kappa shape index (κ1) is 17.6. The van der Waals surface area contributed by atoms with Crippen LogP contribution in [0.5, 0.6) is 5.75 Å². The first-order valence-corrected chi connectivity index (χ1v) is 7.12. The van der Waals surface area contributed by atoms with Crippen LogP contribution in [0.3, 0.4) is 0 Å². The van der Waals surface area contributed by atoms with E-state index in [0.717, 1.165) is 6.07 Å². The van der Waals surface area contributed by atoms with Crippen LogP contribution in [-0.4, -0.2) is 55.5 Å². The van der Waals surface area contributed by atoms with E-state index in [2.05, 4.69) is 14.8 Å². The molecule has 2 rings (SSSR count). The molecular weight excluding hydrogens is 326 g/mol. The molecule has 0 radical (unpaired) electrons. The van der Waals surface area contributed by atoms with Gasteiger partial charge in [0.2, 0.25) is 5.91 Å². The van der Waals surface area contributed by atoms with Gasteiger partial charge in [0.25, 0.3) is 5.91 Å². The zero-order valence-corrected chi connectivity index (χ0v) is 12.8. The molecule has 1 N–H and O–H groups in total. The molecule has 9 heteroatoms. The number of nitrogens with one attached hydrogen (secondary N) is 1. The molecule has 24 heavy (non-hydrogen) atoms. The van der Waals surface area contributed by atoms with Crippen molar-refractivity contribution in [1.29, 1.82) is 0 Å². The second-order valence-electron chi connectivity index (χ2n) is 4.99. The lowest BCUT2D eigenvalue weighted by Gasteiger charge is -2.34. The first-order valence-electron chi connectivity index (χ1n) is 7.12. The lowest BCUT2D eigenvalue weighted by molar-refractivity contribution is -0.145. The minimum absolute atomic E-state index is 0.0812. The maximum atomic E-state index is 12.6. The Bertz CT molecular complexity index is 638. The van der Waals surface area contributed by atoms with Gasteiger partial charge in [-0.2, -0.15) is 8.78 Å². The Morgan fingerprint density at radius 2 is 2.17 bits per heavy atom. The third kappa shape index (κ3) is 4.18. The van der Waals surface area contributed by atoms with E-state index in [9.17, 15) is 23.2 Å². The highest BCUT2D eigenvalue weighted by Crippen LogP contribution is 2.20. The van der Waals surface area contributed by atoms with E-state index in [-0.39, 0.29) is 30.8 Å². The maximum Gasteiger partial charge on any atom is 0.387 e. The number of amides is 2. The molecule has 1 heterocycles. The lowest BCUT2D eigenvalue weighted by atomic mass is 10.1. The van der Waals surface area contributed by atoms with Crippen molar-refractivity contribution in [2.24, 2.45) is 0 Å². The summed E-state index contributed by atoms with van der Waals surface area (Å²) in [6, 6.07) is 4.25. The van der Waals surface area contributed by atoms with Gasteiger partial charge in [-0.3, -0.25) is 14.4 Å². The number of piperazine rings is 1. The minimum Gasteiger partial charge on any atom is -0.469 e. The standard InChI is InChI=1S/C15H16F2N2O5/c1-23-12(20)8-11-13(21)18-5-6-19(11)14(22)9-3-2-4-10(7-9)24-15(16)17/h2-4,7,11,15H,5-6,8H2,1H3,(H,18,21)/t11-/m0/s1. The third-order valence-electron chi connectivity index (χ3n) is 3.49. The summed E-state index contributed by atoms with van der Waals surface area (Å²) in [5.74, 6) is -1.83. The zero-order chi connectivity index (χ0) is 17.7. The van der Waals surface area contributed by atoms with Crippen LogP contribution in [-0.2, 0) is 14.3 Å². The summed E-state index contributed by atoms with van der Waals surface area (Å²) in [6.45, 7) is -2.59. The molecule has 0 aliphatic carbocycles. The van der Waals surface area contributed by atoms with Gasteiger partial charge in [-0.05, 0) is 18.2 Å². The molecule has 1 fully saturated rings. The third-order valence-corrected chi connectivity index (χ3v) is 3.49. The molecule has 130 valence electrons. The van der Waals surface area contributed by atoms with Crippen molar-refractivity contribution in [3.63, 3.8) is 0 Å². The van der Waals surface area contributed by atoms with Gasteiger partial charge < -0.3 is 19.7 Å². The number of hydrogen-bond donors (Lipinski definition) is 1. The first-order chi connectivity index (χ1) is 11.4. The van der Waals surface area contributed by atoms with Crippen molar-refractivity contribution < 1.29 is 32.6 Å². The second-order valence-corrected chi connectivity index (χ2v) is 4.99. The summed E-state index contributed by atoms with van der Waals surface area (Å²) in [4.78, 5) is 37.3. The summed E-state index contributed by atoms with van der Waals surface area (Å²) < 4.78 is 33.4. The van der Waals surface area contributed by atoms with Crippen molar-refractivity contribution in [3.8, 4) is 5.75 Å². The lowest BCUT2D eigenvalue weighted by Crippen LogP contribution is -2.57. The van der Waals surface area contributed by atoms with Crippen LogP contribution in [0.4, 0.5) is 8.78 Å². The number of carbonyl (C=O) groups is 3. The van der Waals surface area contributed by atoms with Gasteiger partial charge in [0.15, 0.2) is 0 Å². The summed E-state index contributed by atoms with van der Waals surface area (Å²) >= 11 is 0. The van der Waals surface area contributed by atoms with Crippen molar-refractivity contribution in [2.75, 3.05) is 20.2 Å². The quantitative estimate of drug-likeness (QED) is 0.800. The highest BCUT2D eigenvalue weighted by atomic mass is 19.3. The molecular formula is C15H16F2N2O5. The summed E-state index contributed by atoms with van der Waals surface area (Å²) in [7, 11) is 1.18. The van der Waals surface area contributed by atoms with E-state index in [1.807, 2.05) is 0 Å². The molecule has 7 nitrogen and oxygen atoms in total. The van der Waals surface area contributed by atoms with Gasteiger partial charge in [-0.25, -0.2) is 0 Å². The Morgan fingerprint density at radius 3 is 2.83 bits per heavy atom. The highest BCUT2D eigenvalue weighted by molar-refractivity contribution is 5.99. The van der Waals surface area contributed by atoms with Crippen LogP contribution in [0, 0.1) is 0 Å². The molecule has 1 aliphatic heterocycles. The Balaban J connectivity index is 2.22. The summed E-state index contributed by atoms with van der Waals surface area (Å²) in [5.41, 5.74) is 0.0812. The van der Waals surface area contributed by atoms with Crippen molar-refractivity contribution in [2.45, 2.75) is 19.1 Å². The summed E-state index contributed by atoms with van der Waals surface area (Å²) in [6.07, 6.45) is -0.290. The fraction of sp³-hybridized carbons (Fsp3) is 0.400. The molecule has 0 spiro atoms. The van der Waals surface area contributed by atoms with Crippen molar-refractivity contribution in [1.82, 2.24) is 10.2 Å². The highest BCUT2D eigenvalue weighted by Gasteiger charge is 2.35. The van der Waals surface area contributed by atoms with Gasteiger partial charge in [0, 0.05) is 18.7 Å². The minimum atomic E-state index is -3.01. The molecule has 1 aromatic carbocycles. The number of halogens is 2. The molecule has 0 unspecified atom stereocenters. The molecule has 1 aromatic rings. The second kappa shape index (κ2) is 7.71. The number of rotatable bonds is 5. The van der Waals surface area contributed by atoms with Gasteiger partial charge >= 0.3 is 12.6 Å². The van der Waals surface area contributed by atoms with Crippen LogP contribution in [0.1, 0.15) is 16.8 Å². The topological polar surface area (TPSA) is 84.9 Å². The van der Waals surface area contributed by atoms with Crippen molar-refractivity contribution >= 4 is 17.8 Å². The van der Waals surface area contributed by atoms with Gasteiger partial charge in [0.05, 0.1) is 13.5 Å². The number of esters is 1. The smallest absolute Gasteiger partial charge is 0.387 e. The van der Waals surface area contributed by atoms with E-state index < -0.39 is 30.4 Å². The number of benzene rings is 1. The number of nitrogens with zero attached hydrogens (tertiary/aromatic N) is 1. The largest absolute Gasteiger partial charge is 0.469 e. The van der Waals surface area contributed by atoms with Crippen LogP contribution in [0.25, 0.3) is 0 Å². The van der Waals surface area contributed by atoms with Crippen LogP contribution >= 0.6 is 0 Å². The van der Waals surface area contributed by atoms with Crippen LogP contribution in [0.2, 0.25) is 0 Å². The molecule has 1 aliphatic rings. The van der Waals surface area contributed by atoms with E-state index in [0.29, 0.717) is 0 Å². The fourth-order valence-corrected chi connectivity index (χ4v) is 2.37. The number of methoxy groups -OCH3 is 1. The monoisotopic (exact) mass is 342 g/mol. The number of ether oxygens (including phenoxy) is 2. The van der Waals surface area contributed by atoms with Crippen LogP contribution < -0.4 is 10.1 Å². The molecule has 2 amide bonds. The number of alkyl halides is 2. The number of carbonyl (C=O) groups excluding carboxylic acids is 3. The average molecular weight is 342 g/mol. The molecule has 1 saturated heterocycles. The molecule has 0 saturated carbocycles. The van der Waals surface area contributed by atoms with E-state index in [1.54, 1.807) is 0 Å². The Kier molecular flexibility index (Phi) is 5.67. The maximum absolute atomic E-state index is 12.6. The van der Waals surface area contributed by atoms with Gasteiger partial charge in [0.1, 0.15) is 11.8 Å². The Morgan fingerprint density at radius 1 is 1.42 bits per heavy atom. The normalized spacial score (nSPS) is 17.4. The molecule has 0 bridgehead atoms. The fourth-order valence-electron chi connectivity index (χ4n) is 2.37.